The highest BCUT2D eigenvalue weighted by Gasteiger charge is 2.43. The van der Waals surface area contributed by atoms with Crippen molar-refractivity contribution in [3.8, 4) is 11.8 Å². The van der Waals surface area contributed by atoms with Gasteiger partial charge in [-0.25, -0.2) is 28.5 Å². The van der Waals surface area contributed by atoms with Crippen molar-refractivity contribution in [2.75, 3.05) is 38.3 Å². The van der Waals surface area contributed by atoms with Crippen LogP contribution >= 0.6 is 35.2 Å². The second-order valence-electron chi connectivity index (χ2n) is 12.8. The number of aromatic nitrogens is 3. The molecule has 5 unspecified atom stereocenters. The standard InChI is InChI=1S/C30H47N8O14P3S/c1-49-21(17-50-54(45,46)52-55(47,48)51-53(42,43)44)12-15-38-16-20(26-28(31)34-19-35-29(26)38)8-7-14-33-24(39)10-3-2-6-13-32-25(40)11-5-4-9-23-27-22(18-56-23)36-30(41)37-27/h16,19,21-23,27H,2-6,9-15,17-18H2,1H3,(H,32,40)(H,33,39)(H,45,46)(H,47,48)(H2,31,34,35)(H2,36,37,41)(H2,42,43,44)/t21?,22?,23-,27?/m0/s1. The summed E-state index contributed by atoms with van der Waals surface area (Å²) in [6.45, 7) is 0.159. The highest BCUT2D eigenvalue weighted by molar-refractivity contribution is 8.00. The molecule has 22 nitrogen and oxygen atoms in total. The van der Waals surface area contributed by atoms with Crippen LogP contribution in [0.5, 0.6) is 0 Å². The number of anilines is 1. The number of carbonyl (C=O) groups is 3. The average molecular weight is 869 g/mol. The number of ether oxygens (including phenoxy) is 1. The first-order chi connectivity index (χ1) is 26.4. The van der Waals surface area contributed by atoms with Gasteiger partial charge in [-0.1, -0.05) is 24.7 Å². The summed E-state index contributed by atoms with van der Waals surface area (Å²) in [6.07, 6.45) is 7.76. The zero-order valence-electron chi connectivity index (χ0n) is 30.4. The number of rotatable bonds is 23. The van der Waals surface area contributed by atoms with Crippen molar-refractivity contribution in [2.45, 2.75) is 87.8 Å². The average Bonchev–Trinajstić information content (AvgIpc) is 3.77. The van der Waals surface area contributed by atoms with Crippen molar-refractivity contribution in [3.63, 3.8) is 0 Å². The lowest BCUT2D eigenvalue weighted by atomic mass is 10.0. The van der Waals surface area contributed by atoms with Crippen LogP contribution in [0.3, 0.4) is 0 Å². The zero-order valence-corrected chi connectivity index (χ0v) is 33.9. The molecule has 0 radical (unpaired) electrons. The number of hydrogen-bond donors (Lipinski definition) is 9. The predicted octanol–water partition coefficient (Wildman–Crippen LogP) is 1.63. The minimum Gasteiger partial charge on any atom is -0.383 e. The lowest BCUT2D eigenvalue weighted by Gasteiger charge is -2.19. The number of amides is 4. The summed E-state index contributed by atoms with van der Waals surface area (Å²) < 4.78 is 53.5. The third-order valence-corrected chi connectivity index (χ3v) is 13.9. The van der Waals surface area contributed by atoms with Crippen LogP contribution in [-0.4, -0.2) is 108 Å². The van der Waals surface area contributed by atoms with Crippen LogP contribution < -0.4 is 27.0 Å². The van der Waals surface area contributed by atoms with Crippen molar-refractivity contribution >= 4 is 69.9 Å². The number of fused-ring (bicyclic) bond motifs is 2. The summed E-state index contributed by atoms with van der Waals surface area (Å²) in [6, 6.07) is 0.278. The number of carbonyl (C=O) groups excluding carboxylic acids is 3. The largest absolute Gasteiger partial charge is 0.490 e. The van der Waals surface area contributed by atoms with E-state index < -0.39 is 36.2 Å². The van der Waals surface area contributed by atoms with Crippen LogP contribution in [0.1, 0.15) is 63.4 Å². The quantitative estimate of drug-likeness (QED) is 0.0332. The summed E-state index contributed by atoms with van der Waals surface area (Å²) in [7, 11) is -15.2. The first-order valence-electron chi connectivity index (χ1n) is 17.6. The number of phosphoric acid groups is 3. The van der Waals surface area contributed by atoms with Crippen LogP contribution in [0.25, 0.3) is 11.0 Å². The molecule has 2 aromatic heterocycles. The van der Waals surface area contributed by atoms with Gasteiger partial charge in [-0.2, -0.15) is 20.4 Å². The molecule has 6 atom stereocenters. The van der Waals surface area contributed by atoms with Gasteiger partial charge in [0, 0.05) is 50.2 Å². The molecular weight excluding hydrogens is 821 g/mol. The van der Waals surface area contributed by atoms with E-state index in [0.29, 0.717) is 47.7 Å². The number of unbranched alkanes of at least 4 members (excludes halogenated alkanes) is 3. The lowest BCUT2D eigenvalue weighted by molar-refractivity contribution is -0.122. The van der Waals surface area contributed by atoms with Crippen molar-refractivity contribution in [1.29, 1.82) is 0 Å². The number of urea groups is 1. The Hall–Kier alpha value is -3.09. The molecule has 2 aliphatic heterocycles. The zero-order chi connectivity index (χ0) is 40.9. The molecule has 312 valence electrons. The summed E-state index contributed by atoms with van der Waals surface area (Å²) in [5.41, 5.74) is 6.99. The van der Waals surface area contributed by atoms with Gasteiger partial charge in [0.1, 0.15) is 17.8 Å². The number of nitrogens with zero attached hydrogens (tertiary/aromatic N) is 3. The Morgan fingerprint density at radius 2 is 1.77 bits per heavy atom. The van der Waals surface area contributed by atoms with Gasteiger partial charge < -0.3 is 55.9 Å². The minimum absolute atomic E-state index is 0.0115. The molecule has 4 amide bonds. The molecule has 10 N–H and O–H groups in total. The van der Waals surface area contributed by atoms with E-state index in [1.807, 2.05) is 11.8 Å². The van der Waals surface area contributed by atoms with Crippen LogP contribution in [-0.2, 0) is 47.7 Å². The normalized spacial score (nSPS) is 20.5. The molecule has 0 saturated carbocycles. The maximum atomic E-state index is 12.4. The summed E-state index contributed by atoms with van der Waals surface area (Å²) >= 11 is 1.86. The fraction of sp³-hybridized carbons (Fsp3) is 0.633. The van der Waals surface area contributed by atoms with Gasteiger partial charge in [0.2, 0.25) is 11.8 Å². The van der Waals surface area contributed by atoms with E-state index in [1.165, 1.54) is 13.4 Å². The van der Waals surface area contributed by atoms with E-state index >= 15 is 0 Å². The van der Waals surface area contributed by atoms with Gasteiger partial charge in [0.25, 0.3) is 0 Å². The third-order valence-electron chi connectivity index (χ3n) is 8.63. The topological polar surface area (TPSA) is 325 Å². The van der Waals surface area contributed by atoms with Crippen molar-refractivity contribution < 1.29 is 65.5 Å². The van der Waals surface area contributed by atoms with Crippen molar-refractivity contribution in [1.82, 2.24) is 35.8 Å². The predicted molar refractivity (Wildman–Crippen MR) is 202 cm³/mol. The number of nitrogen functional groups attached to an aromatic ring is 1. The maximum absolute atomic E-state index is 12.4. The maximum Gasteiger partial charge on any atom is 0.490 e. The highest BCUT2D eigenvalue weighted by atomic mass is 32.2. The number of nitrogens with one attached hydrogen (secondary N) is 4. The summed E-state index contributed by atoms with van der Waals surface area (Å²) in [4.78, 5) is 80.8. The Bertz CT molecular complexity index is 1910. The summed E-state index contributed by atoms with van der Waals surface area (Å²) in [5.74, 6) is 6.76. The molecule has 26 heteroatoms. The first kappa shape index (κ1) is 45.6. The van der Waals surface area contributed by atoms with Crippen molar-refractivity contribution in [2.24, 2.45) is 0 Å². The number of thioether (sulfide) groups is 1. The number of phosphoric ester groups is 1. The number of methoxy groups -OCH3 is 1. The van der Waals surface area contributed by atoms with Crippen molar-refractivity contribution in [3.05, 3.63) is 18.1 Å². The van der Waals surface area contributed by atoms with Gasteiger partial charge in [0.05, 0.1) is 42.3 Å². The van der Waals surface area contributed by atoms with E-state index in [0.717, 1.165) is 37.9 Å². The van der Waals surface area contributed by atoms with Gasteiger partial charge in [-0.3, -0.25) is 14.1 Å². The Balaban J connectivity index is 1.12. The second kappa shape index (κ2) is 21.1. The molecule has 2 aliphatic rings. The monoisotopic (exact) mass is 868 g/mol. The van der Waals surface area contributed by atoms with Crippen LogP contribution in [0.4, 0.5) is 10.6 Å². The van der Waals surface area contributed by atoms with E-state index in [-0.39, 0.29) is 55.3 Å². The second-order valence-corrected chi connectivity index (χ2v) is 18.5. The number of hydrogen-bond acceptors (Lipinski definition) is 14. The van der Waals surface area contributed by atoms with E-state index in [1.54, 1.807) is 10.8 Å². The molecular formula is C30H47N8O14P3S. The van der Waals surface area contributed by atoms with Crippen LogP contribution in [0, 0.1) is 11.8 Å². The number of aryl methyl sites for hydroxylation is 1. The Labute approximate surface area is 326 Å². The van der Waals surface area contributed by atoms with Gasteiger partial charge in [-0.05, 0) is 32.1 Å². The molecule has 2 saturated heterocycles. The fourth-order valence-electron chi connectivity index (χ4n) is 5.99. The highest BCUT2D eigenvalue weighted by Crippen LogP contribution is 2.66. The molecule has 0 bridgehead atoms. The molecule has 0 aliphatic carbocycles. The number of nitrogens with two attached hydrogens (primary N) is 1. The Kier molecular flexibility index (Phi) is 17.2. The molecule has 0 aromatic carbocycles. The minimum atomic E-state index is -5.66. The molecule has 2 fully saturated rings. The SMILES string of the molecule is COC(CCn1cc(C#CCNC(=O)CCCCCNC(=O)CCCC[C@@H]2SCC3NC(=O)NC32)c2c(N)ncnc21)COP(=O)(O)OP(=O)(O)OP(=O)(O)O. The Morgan fingerprint density at radius 1 is 1.04 bits per heavy atom. The van der Waals surface area contributed by atoms with E-state index in [4.69, 9.17) is 20.3 Å². The van der Waals surface area contributed by atoms with E-state index in [9.17, 15) is 37.9 Å². The van der Waals surface area contributed by atoms with Crippen LogP contribution in [0.2, 0.25) is 0 Å². The fourth-order valence-corrected chi connectivity index (χ4v) is 10.6. The smallest absolute Gasteiger partial charge is 0.383 e. The van der Waals surface area contributed by atoms with Gasteiger partial charge >= 0.3 is 29.5 Å². The molecule has 0 spiro atoms. The van der Waals surface area contributed by atoms with Gasteiger partial charge in [-0.15, -0.1) is 0 Å². The third kappa shape index (κ3) is 15.0. The molecule has 56 heavy (non-hydrogen) atoms. The van der Waals surface area contributed by atoms with E-state index in [2.05, 4.69) is 56.2 Å². The molecule has 2 aromatic rings. The molecule has 4 rings (SSSR count). The van der Waals surface area contributed by atoms with Gasteiger partial charge in [0.15, 0.2) is 0 Å². The van der Waals surface area contributed by atoms with Crippen LogP contribution in [0.15, 0.2) is 12.5 Å². The summed E-state index contributed by atoms with van der Waals surface area (Å²) in [5, 5.41) is 12.4. The Morgan fingerprint density at radius 3 is 2.50 bits per heavy atom. The molecule has 4 heterocycles. The first-order valence-corrected chi connectivity index (χ1v) is 23.1. The lowest BCUT2D eigenvalue weighted by Crippen LogP contribution is -2.36.